The number of hydrogen-bond acceptors (Lipinski definition) is 8. The van der Waals surface area contributed by atoms with Gasteiger partial charge < -0.3 is 11.5 Å². The smallest absolute Gasteiger partial charge is 0.243 e. The van der Waals surface area contributed by atoms with Gasteiger partial charge in [0.1, 0.15) is 11.6 Å². The maximum atomic E-state index is 13.0. The van der Waals surface area contributed by atoms with Crippen LogP contribution in [0.15, 0.2) is 29.2 Å². The van der Waals surface area contributed by atoms with Crippen molar-refractivity contribution in [3.05, 3.63) is 35.9 Å². The van der Waals surface area contributed by atoms with E-state index in [1.165, 1.54) is 16.4 Å². The molecule has 2 heterocycles. The molecule has 1 aliphatic rings. The van der Waals surface area contributed by atoms with Crippen LogP contribution in [0.25, 0.3) is 0 Å². The van der Waals surface area contributed by atoms with Gasteiger partial charge in [-0.15, -0.1) is 0 Å². The van der Waals surface area contributed by atoms with Gasteiger partial charge in [0, 0.05) is 19.6 Å². The molecule has 0 spiro atoms. The standard InChI is InChI=1S/C15H20FN7O2S/c16-11-2-4-12(5-3-11)26(24,25)23-7-1-6-22(8-9-23)10-13-19-14(17)21-15(18)20-13/h2-5H,1,6-10H2,(H4,17,18,19,20,21). The highest BCUT2D eigenvalue weighted by Gasteiger charge is 2.27. The maximum Gasteiger partial charge on any atom is 0.243 e. The summed E-state index contributed by atoms with van der Waals surface area (Å²) in [5, 5.41) is 0. The zero-order valence-electron chi connectivity index (χ0n) is 14.0. The Morgan fingerprint density at radius 1 is 0.962 bits per heavy atom. The lowest BCUT2D eigenvalue weighted by Gasteiger charge is -2.21. The number of nitrogens with two attached hydrogens (primary N) is 2. The normalized spacial score (nSPS) is 17.1. The number of rotatable bonds is 4. The highest BCUT2D eigenvalue weighted by molar-refractivity contribution is 7.89. The van der Waals surface area contributed by atoms with Gasteiger partial charge in [0.25, 0.3) is 0 Å². The van der Waals surface area contributed by atoms with Crippen LogP contribution >= 0.6 is 0 Å². The van der Waals surface area contributed by atoms with Gasteiger partial charge in [-0.05, 0) is 37.2 Å². The fraction of sp³-hybridized carbons (Fsp3) is 0.400. The van der Waals surface area contributed by atoms with Gasteiger partial charge in [-0.3, -0.25) is 4.90 Å². The molecule has 0 unspecified atom stereocenters. The van der Waals surface area contributed by atoms with Crippen molar-refractivity contribution in [3.63, 3.8) is 0 Å². The van der Waals surface area contributed by atoms with Crippen LogP contribution in [-0.2, 0) is 16.6 Å². The van der Waals surface area contributed by atoms with Crippen LogP contribution in [0, 0.1) is 5.82 Å². The number of aromatic nitrogens is 3. The molecule has 4 N–H and O–H groups in total. The second-order valence-electron chi connectivity index (χ2n) is 5.96. The minimum atomic E-state index is -3.65. The van der Waals surface area contributed by atoms with Crippen molar-refractivity contribution < 1.29 is 12.8 Å². The lowest BCUT2D eigenvalue weighted by Crippen LogP contribution is -2.35. The first-order chi connectivity index (χ1) is 12.3. The average Bonchev–Trinajstić information content (AvgIpc) is 2.80. The van der Waals surface area contributed by atoms with Crippen LogP contribution < -0.4 is 11.5 Å². The predicted octanol–water partition coefficient (Wildman–Crippen LogP) is 0.0717. The zero-order valence-corrected chi connectivity index (χ0v) is 14.9. The van der Waals surface area contributed by atoms with Crippen molar-refractivity contribution in [1.82, 2.24) is 24.2 Å². The monoisotopic (exact) mass is 381 g/mol. The van der Waals surface area contributed by atoms with Crippen molar-refractivity contribution in [2.45, 2.75) is 17.9 Å². The molecule has 1 saturated heterocycles. The fourth-order valence-corrected chi connectivity index (χ4v) is 4.30. The van der Waals surface area contributed by atoms with Crippen molar-refractivity contribution in [2.24, 2.45) is 0 Å². The van der Waals surface area contributed by atoms with Crippen LogP contribution in [0.5, 0.6) is 0 Å². The molecular formula is C15H20FN7O2S. The summed E-state index contributed by atoms with van der Waals surface area (Å²) >= 11 is 0. The number of nitrogens with zero attached hydrogens (tertiary/aromatic N) is 5. The van der Waals surface area contributed by atoms with Crippen molar-refractivity contribution in [2.75, 3.05) is 37.6 Å². The quantitative estimate of drug-likeness (QED) is 0.761. The third-order valence-electron chi connectivity index (χ3n) is 4.08. The van der Waals surface area contributed by atoms with E-state index in [9.17, 15) is 12.8 Å². The summed E-state index contributed by atoms with van der Waals surface area (Å²) in [7, 11) is -3.65. The molecule has 1 aliphatic heterocycles. The van der Waals surface area contributed by atoms with E-state index in [2.05, 4.69) is 15.0 Å². The minimum Gasteiger partial charge on any atom is -0.368 e. The highest BCUT2D eigenvalue weighted by atomic mass is 32.2. The molecule has 0 bridgehead atoms. The second-order valence-corrected chi connectivity index (χ2v) is 7.89. The van der Waals surface area contributed by atoms with E-state index < -0.39 is 15.8 Å². The molecule has 26 heavy (non-hydrogen) atoms. The molecule has 1 fully saturated rings. The Balaban J connectivity index is 1.68. The van der Waals surface area contributed by atoms with Crippen LogP contribution in [-0.4, -0.2) is 58.8 Å². The fourth-order valence-electron chi connectivity index (χ4n) is 2.83. The Morgan fingerprint density at radius 3 is 2.27 bits per heavy atom. The SMILES string of the molecule is Nc1nc(N)nc(CN2CCCN(S(=O)(=O)c3ccc(F)cc3)CC2)n1. The van der Waals surface area contributed by atoms with E-state index in [1.54, 1.807) is 0 Å². The van der Waals surface area contributed by atoms with Crippen molar-refractivity contribution in [1.29, 1.82) is 0 Å². The Kier molecular flexibility index (Phi) is 5.30. The number of anilines is 2. The molecule has 0 amide bonds. The Hall–Kier alpha value is -2.37. The predicted molar refractivity (Wildman–Crippen MR) is 93.7 cm³/mol. The van der Waals surface area contributed by atoms with E-state index in [4.69, 9.17) is 11.5 Å². The molecular weight excluding hydrogens is 361 g/mol. The van der Waals surface area contributed by atoms with Crippen molar-refractivity contribution in [3.8, 4) is 0 Å². The van der Waals surface area contributed by atoms with E-state index in [0.717, 1.165) is 12.1 Å². The van der Waals surface area contributed by atoms with Gasteiger partial charge >= 0.3 is 0 Å². The maximum absolute atomic E-state index is 13.0. The molecule has 0 aliphatic carbocycles. The zero-order chi connectivity index (χ0) is 18.7. The molecule has 11 heteroatoms. The first-order valence-electron chi connectivity index (χ1n) is 8.08. The van der Waals surface area contributed by atoms with Crippen LogP contribution in [0.1, 0.15) is 12.2 Å². The summed E-state index contributed by atoms with van der Waals surface area (Å²) in [6.07, 6.45) is 0.649. The summed E-state index contributed by atoms with van der Waals surface area (Å²) in [5.74, 6) is 0.0948. The summed E-state index contributed by atoms with van der Waals surface area (Å²) in [6, 6.07) is 4.85. The van der Waals surface area contributed by atoms with Gasteiger partial charge in [-0.2, -0.15) is 19.3 Å². The number of hydrogen-bond donors (Lipinski definition) is 2. The number of sulfonamides is 1. The summed E-state index contributed by atoms with van der Waals surface area (Å²) in [4.78, 5) is 14.0. The van der Waals surface area contributed by atoms with Gasteiger partial charge in [-0.1, -0.05) is 0 Å². The molecule has 1 aromatic carbocycles. The van der Waals surface area contributed by atoms with E-state index >= 15 is 0 Å². The minimum absolute atomic E-state index is 0.0582. The van der Waals surface area contributed by atoms with Crippen LogP contribution in [0.3, 0.4) is 0 Å². The number of nitrogen functional groups attached to an aromatic ring is 2. The summed E-state index contributed by atoms with van der Waals surface area (Å²) < 4.78 is 39.9. The Bertz CT molecular complexity index is 856. The largest absolute Gasteiger partial charge is 0.368 e. The topological polar surface area (TPSA) is 131 Å². The second kappa shape index (κ2) is 7.48. The molecule has 9 nitrogen and oxygen atoms in total. The summed E-state index contributed by atoms with van der Waals surface area (Å²) in [6.45, 7) is 2.29. The third kappa shape index (κ3) is 4.23. The van der Waals surface area contributed by atoms with E-state index in [0.29, 0.717) is 45.0 Å². The van der Waals surface area contributed by atoms with E-state index in [-0.39, 0.29) is 16.8 Å². The van der Waals surface area contributed by atoms with Crippen molar-refractivity contribution >= 4 is 21.9 Å². The van der Waals surface area contributed by atoms with Gasteiger partial charge in [0.2, 0.25) is 21.9 Å². The third-order valence-corrected chi connectivity index (χ3v) is 5.99. The molecule has 0 atom stereocenters. The molecule has 1 aromatic heterocycles. The van der Waals surface area contributed by atoms with Gasteiger partial charge in [0.05, 0.1) is 11.4 Å². The first kappa shape index (κ1) is 18.4. The summed E-state index contributed by atoms with van der Waals surface area (Å²) in [5.41, 5.74) is 11.1. The molecule has 3 rings (SSSR count). The lowest BCUT2D eigenvalue weighted by molar-refractivity contribution is 0.272. The number of benzene rings is 1. The highest BCUT2D eigenvalue weighted by Crippen LogP contribution is 2.18. The molecule has 140 valence electrons. The van der Waals surface area contributed by atoms with Gasteiger partial charge in [-0.25, -0.2) is 12.8 Å². The first-order valence-corrected chi connectivity index (χ1v) is 9.52. The number of halogens is 1. The molecule has 0 saturated carbocycles. The van der Waals surface area contributed by atoms with Crippen LogP contribution in [0.4, 0.5) is 16.3 Å². The molecule has 0 radical (unpaired) electrons. The van der Waals surface area contributed by atoms with Gasteiger partial charge in [0.15, 0.2) is 0 Å². The molecule has 2 aromatic rings. The average molecular weight is 381 g/mol. The Labute approximate surface area is 150 Å². The lowest BCUT2D eigenvalue weighted by atomic mass is 10.4. The Morgan fingerprint density at radius 2 is 1.62 bits per heavy atom. The van der Waals surface area contributed by atoms with Crippen LogP contribution in [0.2, 0.25) is 0 Å². The van der Waals surface area contributed by atoms with E-state index in [1.807, 2.05) is 4.90 Å².